The van der Waals surface area contributed by atoms with Crippen LogP contribution in [-0.4, -0.2) is 49.7 Å². The van der Waals surface area contributed by atoms with Crippen LogP contribution in [0.4, 0.5) is 0 Å². The number of nitrogens with zero attached hydrogens (tertiary/aromatic N) is 1. The van der Waals surface area contributed by atoms with Crippen molar-refractivity contribution in [3.63, 3.8) is 0 Å². The molecule has 2 atom stereocenters. The van der Waals surface area contributed by atoms with E-state index in [-0.39, 0.29) is 0 Å². The van der Waals surface area contributed by atoms with Crippen molar-refractivity contribution in [1.29, 1.82) is 0 Å². The molecule has 0 aromatic carbocycles. The molecular formula is C8H18NO2+. The number of aliphatic hydroxyl groups is 1. The Hall–Kier alpha value is -0.120. The van der Waals surface area contributed by atoms with Gasteiger partial charge in [-0.3, -0.25) is 0 Å². The van der Waals surface area contributed by atoms with Crippen molar-refractivity contribution in [2.75, 3.05) is 27.7 Å². The van der Waals surface area contributed by atoms with Gasteiger partial charge in [0.05, 0.1) is 40.2 Å². The molecule has 66 valence electrons. The van der Waals surface area contributed by atoms with Crippen LogP contribution in [0.3, 0.4) is 0 Å². The van der Waals surface area contributed by atoms with Gasteiger partial charge in [0.25, 0.3) is 0 Å². The average molecular weight is 160 g/mol. The summed E-state index contributed by atoms with van der Waals surface area (Å²) in [5, 5.41) is 9.21. The van der Waals surface area contributed by atoms with Gasteiger partial charge < -0.3 is 14.3 Å². The smallest absolute Gasteiger partial charge is 0.160 e. The van der Waals surface area contributed by atoms with E-state index in [2.05, 4.69) is 21.1 Å². The monoisotopic (exact) mass is 160 g/mol. The third kappa shape index (κ3) is 2.43. The molecule has 0 spiro atoms. The summed E-state index contributed by atoms with van der Waals surface area (Å²) in [6.45, 7) is 0.696. The van der Waals surface area contributed by atoms with Crippen molar-refractivity contribution in [3.05, 3.63) is 0 Å². The van der Waals surface area contributed by atoms with E-state index in [9.17, 15) is 5.11 Å². The number of hydrogen-bond donors (Lipinski definition) is 1. The van der Waals surface area contributed by atoms with Gasteiger partial charge in [-0.25, -0.2) is 0 Å². The van der Waals surface area contributed by atoms with E-state index in [1.54, 1.807) is 0 Å². The maximum absolute atomic E-state index is 9.21. The Labute approximate surface area is 68.2 Å². The summed E-state index contributed by atoms with van der Waals surface area (Å²) < 4.78 is 5.97. The minimum absolute atomic E-state index is 0.536. The molecule has 0 aromatic rings. The minimum Gasteiger partial charge on any atom is -0.368 e. The summed E-state index contributed by atoms with van der Waals surface area (Å²) in [6, 6.07) is 0.541. The second kappa shape index (κ2) is 3.09. The fourth-order valence-corrected chi connectivity index (χ4v) is 1.46. The van der Waals surface area contributed by atoms with Crippen molar-refractivity contribution < 1.29 is 14.3 Å². The summed E-state index contributed by atoms with van der Waals surface area (Å²) >= 11 is 0. The van der Waals surface area contributed by atoms with Crippen molar-refractivity contribution in [2.45, 2.75) is 25.2 Å². The highest BCUT2D eigenvalue weighted by Crippen LogP contribution is 2.19. The van der Waals surface area contributed by atoms with Crippen molar-refractivity contribution in [2.24, 2.45) is 0 Å². The fraction of sp³-hybridized carbons (Fsp3) is 1.00. The molecule has 1 saturated heterocycles. The molecule has 1 aliphatic heterocycles. The molecule has 0 aromatic heterocycles. The minimum atomic E-state index is -0.536. The first-order chi connectivity index (χ1) is 5.00. The van der Waals surface area contributed by atoms with Gasteiger partial charge in [-0.2, -0.15) is 0 Å². The van der Waals surface area contributed by atoms with Crippen LogP contribution in [0.5, 0.6) is 0 Å². The Morgan fingerprint density at radius 1 is 1.36 bits per heavy atom. The van der Waals surface area contributed by atoms with Crippen LogP contribution >= 0.6 is 0 Å². The van der Waals surface area contributed by atoms with Gasteiger partial charge in [-0.15, -0.1) is 0 Å². The van der Waals surface area contributed by atoms with Crippen LogP contribution in [-0.2, 0) is 4.74 Å². The highest BCUT2D eigenvalue weighted by atomic mass is 16.6. The van der Waals surface area contributed by atoms with E-state index >= 15 is 0 Å². The van der Waals surface area contributed by atoms with Crippen LogP contribution in [0.15, 0.2) is 0 Å². The average Bonchev–Trinajstić information content (AvgIpc) is 1.86. The number of hydrogen-bond acceptors (Lipinski definition) is 2. The summed E-state index contributed by atoms with van der Waals surface area (Å²) in [5.41, 5.74) is 0. The second-order valence-corrected chi connectivity index (χ2v) is 4.12. The fourth-order valence-electron chi connectivity index (χ4n) is 1.46. The zero-order chi connectivity index (χ0) is 8.48. The molecule has 1 fully saturated rings. The lowest BCUT2D eigenvalue weighted by atomic mass is 10.1. The quantitative estimate of drug-likeness (QED) is 0.555. The third-order valence-corrected chi connectivity index (χ3v) is 2.33. The van der Waals surface area contributed by atoms with E-state index < -0.39 is 6.29 Å². The zero-order valence-electron chi connectivity index (χ0n) is 7.58. The van der Waals surface area contributed by atoms with E-state index in [1.807, 2.05) is 0 Å². The first kappa shape index (κ1) is 8.97. The SMILES string of the molecule is C[N+](C)(C)C1CCOC(O)C1. The Kier molecular flexibility index (Phi) is 2.52. The third-order valence-electron chi connectivity index (χ3n) is 2.33. The maximum Gasteiger partial charge on any atom is 0.160 e. The van der Waals surface area contributed by atoms with E-state index in [0.29, 0.717) is 12.6 Å². The summed E-state index contributed by atoms with van der Waals surface area (Å²) in [5.74, 6) is 0. The largest absolute Gasteiger partial charge is 0.368 e. The van der Waals surface area contributed by atoms with Crippen LogP contribution in [0, 0.1) is 0 Å². The van der Waals surface area contributed by atoms with Gasteiger partial charge in [0.1, 0.15) is 0 Å². The molecule has 11 heavy (non-hydrogen) atoms. The summed E-state index contributed by atoms with van der Waals surface area (Å²) in [6.07, 6.45) is 1.29. The molecule has 0 bridgehead atoms. The molecular weight excluding hydrogens is 142 g/mol. The van der Waals surface area contributed by atoms with Gasteiger partial charge in [-0.1, -0.05) is 0 Å². The first-order valence-electron chi connectivity index (χ1n) is 4.11. The predicted octanol–water partition coefficient (Wildman–Crippen LogP) is 0.190. The topological polar surface area (TPSA) is 29.5 Å². The Morgan fingerprint density at radius 2 is 2.00 bits per heavy atom. The lowest BCUT2D eigenvalue weighted by molar-refractivity contribution is -0.898. The van der Waals surface area contributed by atoms with Crippen LogP contribution in [0.1, 0.15) is 12.8 Å². The van der Waals surface area contributed by atoms with Crippen molar-refractivity contribution >= 4 is 0 Å². The van der Waals surface area contributed by atoms with Crippen molar-refractivity contribution in [3.8, 4) is 0 Å². The van der Waals surface area contributed by atoms with Crippen LogP contribution in [0.25, 0.3) is 0 Å². The lowest BCUT2D eigenvalue weighted by Gasteiger charge is -2.37. The molecule has 3 heteroatoms. The number of rotatable bonds is 1. The molecule has 1 N–H and O–H groups in total. The molecule has 1 heterocycles. The highest BCUT2D eigenvalue weighted by Gasteiger charge is 2.30. The van der Waals surface area contributed by atoms with Gasteiger partial charge in [0, 0.05) is 6.42 Å². The highest BCUT2D eigenvalue weighted by molar-refractivity contribution is 4.64. The Balaban J connectivity index is 2.46. The van der Waals surface area contributed by atoms with E-state index in [4.69, 9.17) is 4.74 Å². The molecule has 1 aliphatic rings. The maximum atomic E-state index is 9.21. The Bertz CT molecular complexity index is 131. The summed E-state index contributed by atoms with van der Waals surface area (Å²) in [7, 11) is 6.47. The molecule has 0 amide bonds. The lowest BCUT2D eigenvalue weighted by Crippen LogP contribution is -2.49. The van der Waals surface area contributed by atoms with Crippen molar-refractivity contribution in [1.82, 2.24) is 0 Å². The van der Waals surface area contributed by atoms with Gasteiger partial charge in [0.15, 0.2) is 6.29 Å². The van der Waals surface area contributed by atoms with Gasteiger partial charge in [0.2, 0.25) is 0 Å². The van der Waals surface area contributed by atoms with Gasteiger partial charge >= 0.3 is 0 Å². The second-order valence-electron chi connectivity index (χ2n) is 4.12. The standard InChI is InChI=1S/C8H18NO2/c1-9(2,3)7-4-5-11-8(10)6-7/h7-8,10H,4-6H2,1-3H3/q+1. The summed E-state index contributed by atoms with van der Waals surface area (Å²) in [4.78, 5) is 0. The van der Waals surface area contributed by atoms with Crippen LogP contribution < -0.4 is 0 Å². The molecule has 0 aliphatic carbocycles. The molecule has 0 radical (unpaired) electrons. The van der Waals surface area contributed by atoms with Crippen LogP contribution in [0.2, 0.25) is 0 Å². The number of aliphatic hydroxyl groups excluding tert-OH is 1. The molecule has 1 rings (SSSR count). The normalized spacial score (nSPS) is 33.8. The molecule has 3 nitrogen and oxygen atoms in total. The van der Waals surface area contributed by atoms with E-state index in [1.165, 1.54) is 0 Å². The molecule has 0 saturated carbocycles. The molecule has 2 unspecified atom stereocenters. The zero-order valence-corrected chi connectivity index (χ0v) is 7.58. The number of ether oxygens (including phenoxy) is 1. The van der Waals surface area contributed by atoms with Gasteiger partial charge in [-0.05, 0) is 0 Å². The first-order valence-corrected chi connectivity index (χ1v) is 4.11. The predicted molar refractivity (Wildman–Crippen MR) is 43.0 cm³/mol. The number of quaternary nitrogens is 1. The van der Waals surface area contributed by atoms with E-state index in [0.717, 1.165) is 17.3 Å². The Morgan fingerprint density at radius 3 is 2.36 bits per heavy atom.